The lowest BCUT2D eigenvalue weighted by Crippen LogP contribution is -1.78. The highest BCUT2D eigenvalue weighted by Crippen LogP contribution is 2.25. The molecule has 5 nitrogen and oxygen atoms in total. The summed E-state index contributed by atoms with van der Waals surface area (Å²) in [5, 5.41) is 17.3. The van der Waals surface area contributed by atoms with E-state index in [0.29, 0.717) is 11.4 Å². The molecule has 0 saturated carbocycles. The van der Waals surface area contributed by atoms with E-state index in [0.717, 1.165) is 10.9 Å². The van der Waals surface area contributed by atoms with Crippen LogP contribution in [0.5, 0.6) is 5.88 Å². The molecule has 3 N–H and O–H groups in total. The van der Waals surface area contributed by atoms with E-state index in [-0.39, 0.29) is 5.88 Å². The first-order valence-corrected chi connectivity index (χ1v) is 5.18. The lowest BCUT2D eigenvalue weighted by molar-refractivity contribution is 0.457. The second-order valence-corrected chi connectivity index (χ2v) is 3.63. The number of aromatic hydroxyl groups is 1. The average molecular weight is 226 g/mol. The highest BCUT2D eigenvalue weighted by Gasteiger charge is 2.07. The zero-order chi connectivity index (χ0) is 11.7. The van der Waals surface area contributed by atoms with Crippen molar-refractivity contribution in [2.24, 2.45) is 4.99 Å². The van der Waals surface area contributed by atoms with Crippen LogP contribution in [0, 0.1) is 0 Å². The molecule has 84 valence electrons. The van der Waals surface area contributed by atoms with Gasteiger partial charge in [-0.3, -0.25) is 5.10 Å². The number of aromatic amines is 2. The smallest absolute Gasteiger partial charge is 0.198 e. The van der Waals surface area contributed by atoms with Crippen molar-refractivity contribution in [3.8, 4) is 5.88 Å². The van der Waals surface area contributed by atoms with Crippen LogP contribution in [0.4, 0.5) is 5.82 Å². The van der Waals surface area contributed by atoms with Crippen molar-refractivity contribution in [1.29, 1.82) is 0 Å². The van der Waals surface area contributed by atoms with Crippen molar-refractivity contribution < 1.29 is 5.11 Å². The molecular formula is C12H10N4O. The Bertz CT molecular complexity index is 667. The van der Waals surface area contributed by atoms with E-state index in [4.69, 9.17) is 0 Å². The molecule has 17 heavy (non-hydrogen) atoms. The van der Waals surface area contributed by atoms with E-state index in [1.54, 1.807) is 18.5 Å². The first-order chi connectivity index (χ1) is 8.34. The van der Waals surface area contributed by atoms with Crippen molar-refractivity contribution in [3.63, 3.8) is 0 Å². The van der Waals surface area contributed by atoms with Gasteiger partial charge in [0.05, 0.1) is 11.8 Å². The SMILES string of the molecule is Oc1[nH]c2ccccc2c1C=Nc1ccn[nH]1. The van der Waals surface area contributed by atoms with Gasteiger partial charge in [0.25, 0.3) is 0 Å². The number of aromatic nitrogens is 3. The minimum Gasteiger partial charge on any atom is -0.494 e. The molecule has 0 fully saturated rings. The lowest BCUT2D eigenvalue weighted by Gasteiger charge is -1.90. The summed E-state index contributed by atoms with van der Waals surface area (Å²) >= 11 is 0. The summed E-state index contributed by atoms with van der Waals surface area (Å²) in [6.45, 7) is 0. The first-order valence-electron chi connectivity index (χ1n) is 5.18. The number of H-pyrrole nitrogens is 2. The van der Waals surface area contributed by atoms with Gasteiger partial charge in [-0.25, -0.2) is 4.99 Å². The van der Waals surface area contributed by atoms with Crippen LogP contribution in [-0.2, 0) is 0 Å². The Labute approximate surface area is 96.8 Å². The van der Waals surface area contributed by atoms with E-state index in [2.05, 4.69) is 20.2 Å². The molecule has 2 aromatic heterocycles. The Hall–Kier alpha value is -2.56. The fourth-order valence-corrected chi connectivity index (χ4v) is 1.73. The third kappa shape index (κ3) is 1.67. The zero-order valence-corrected chi connectivity index (χ0v) is 8.88. The summed E-state index contributed by atoms with van der Waals surface area (Å²) in [7, 11) is 0. The van der Waals surface area contributed by atoms with Crippen LogP contribution in [0.2, 0.25) is 0 Å². The van der Waals surface area contributed by atoms with Crippen molar-refractivity contribution >= 4 is 22.9 Å². The zero-order valence-electron chi connectivity index (χ0n) is 8.88. The number of hydrogen-bond donors (Lipinski definition) is 3. The Morgan fingerprint density at radius 1 is 1.24 bits per heavy atom. The molecule has 0 aliphatic carbocycles. The number of aliphatic imine (C=N–C) groups is 1. The van der Waals surface area contributed by atoms with Gasteiger partial charge in [-0.15, -0.1) is 0 Å². The van der Waals surface area contributed by atoms with Crippen molar-refractivity contribution in [2.75, 3.05) is 0 Å². The number of nitrogens with zero attached hydrogens (tertiary/aromatic N) is 2. The summed E-state index contributed by atoms with van der Waals surface area (Å²) in [6, 6.07) is 9.42. The third-order valence-electron chi connectivity index (χ3n) is 2.54. The molecular weight excluding hydrogens is 216 g/mol. The molecule has 3 rings (SSSR count). The molecule has 0 aliphatic rings. The predicted molar refractivity (Wildman–Crippen MR) is 65.8 cm³/mol. The van der Waals surface area contributed by atoms with E-state index in [9.17, 15) is 5.11 Å². The Kier molecular flexibility index (Phi) is 2.15. The maximum Gasteiger partial charge on any atom is 0.198 e. The van der Waals surface area contributed by atoms with Crippen LogP contribution < -0.4 is 0 Å². The predicted octanol–water partition coefficient (Wildman–Crippen LogP) is 2.35. The fourth-order valence-electron chi connectivity index (χ4n) is 1.73. The van der Waals surface area contributed by atoms with Crippen LogP contribution >= 0.6 is 0 Å². The second kappa shape index (κ2) is 3.79. The minimum atomic E-state index is 0.120. The Balaban J connectivity index is 2.08. The number of para-hydroxylation sites is 1. The van der Waals surface area contributed by atoms with Gasteiger partial charge in [0.1, 0.15) is 5.82 Å². The van der Waals surface area contributed by atoms with Gasteiger partial charge < -0.3 is 10.1 Å². The average Bonchev–Trinajstić information content (AvgIpc) is 2.93. The molecule has 2 heterocycles. The summed E-state index contributed by atoms with van der Waals surface area (Å²) in [5.41, 5.74) is 1.56. The summed E-state index contributed by atoms with van der Waals surface area (Å²) in [6.07, 6.45) is 3.24. The quantitative estimate of drug-likeness (QED) is 0.586. The number of rotatable bonds is 2. The molecule has 1 aromatic carbocycles. The number of benzene rings is 1. The standard InChI is InChI=1S/C12H10N4O/c17-12-9(7-13-11-5-6-14-16-11)8-3-1-2-4-10(8)15-12/h1-7,15,17H,(H,14,16). The van der Waals surface area contributed by atoms with Crippen molar-refractivity contribution in [1.82, 2.24) is 15.2 Å². The van der Waals surface area contributed by atoms with Gasteiger partial charge in [-0.1, -0.05) is 18.2 Å². The highest BCUT2D eigenvalue weighted by molar-refractivity contribution is 6.02. The summed E-state index contributed by atoms with van der Waals surface area (Å²) in [4.78, 5) is 7.09. The molecule has 0 aliphatic heterocycles. The van der Waals surface area contributed by atoms with Crippen LogP contribution in [-0.4, -0.2) is 26.5 Å². The molecule has 0 radical (unpaired) electrons. The normalized spacial score (nSPS) is 11.5. The molecule has 0 amide bonds. The highest BCUT2D eigenvalue weighted by atomic mass is 16.3. The van der Waals surface area contributed by atoms with Gasteiger partial charge in [0, 0.05) is 23.2 Å². The van der Waals surface area contributed by atoms with Crippen LogP contribution in [0.3, 0.4) is 0 Å². The molecule has 5 heteroatoms. The Morgan fingerprint density at radius 2 is 2.12 bits per heavy atom. The lowest BCUT2D eigenvalue weighted by atomic mass is 10.2. The van der Waals surface area contributed by atoms with Crippen molar-refractivity contribution in [2.45, 2.75) is 0 Å². The van der Waals surface area contributed by atoms with Gasteiger partial charge >= 0.3 is 0 Å². The van der Waals surface area contributed by atoms with E-state index >= 15 is 0 Å². The molecule has 3 aromatic rings. The second-order valence-electron chi connectivity index (χ2n) is 3.63. The van der Waals surface area contributed by atoms with E-state index < -0.39 is 0 Å². The third-order valence-corrected chi connectivity index (χ3v) is 2.54. The van der Waals surface area contributed by atoms with Gasteiger partial charge in [0.15, 0.2) is 5.88 Å². The number of nitrogens with one attached hydrogen (secondary N) is 2. The van der Waals surface area contributed by atoms with E-state index in [1.807, 2.05) is 24.3 Å². The fraction of sp³-hybridized carbons (Fsp3) is 0. The van der Waals surface area contributed by atoms with Gasteiger partial charge in [-0.2, -0.15) is 5.10 Å². The topological polar surface area (TPSA) is 77.1 Å². The molecule has 0 spiro atoms. The van der Waals surface area contributed by atoms with Gasteiger partial charge in [-0.05, 0) is 6.07 Å². The van der Waals surface area contributed by atoms with Crippen LogP contribution in [0.25, 0.3) is 10.9 Å². The first kappa shape index (κ1) is 9.65. The maximum absolute atomic E-state index is 9.79. The minimum absolute atomic E-state index is 0.120. The van der Waals surface area contributed by atoms with Crippen LogP contribution in [0.1, 0.15) is 5.56 Å². The van der Waals surface area contributed by atoms with Gasteiger partial charge in [0.2, 0.25) is 0 Å². The molecule has 0 saturated heterocycles. The Morgan fingerprint density at radius 3 is 2.94 bits per heavy atom. The van der Waals surface area contributed by atoms with E-state index in [1.165, 1.54) is 0 Å². The van der Waals surface area contributed by atoms with Crippen LogP contribution in [0.15, 0.2) is 41.5 Å². The number of hydrogen-bond acceptors (Lipinski definition) is 3. The monoisotopic (exact) mass is 226 g/mol. The largest absolute Gasteiger partial charge is 0.494 e. The molecule has 0 unspecified atom stereocenters. The van der Waals surface area contributed by atoms with Crippen molar-refractivity contribution in [3.05, 3.63) is 42.1 Å². The maximum atomic E-state index is 9.79. The molecule has 0 atom stereocenters. The molecule has 0 bridgehead atoms. The number of fused-ring (bicyclic) bond motifs is 1. The summed E-state index contributed by atoms with van der Waals surface area (Å²) in [5.74, 6) is 0.768. The summed E-state index contributed by atoms with van der Waals surface area (Å²) < 4.78 is 0.